The number of carboxylic acids is 1. The van der Waals surface area contributed by atoms with Gasteiger partial charge in [0.2, 0.25) is 0 Å². The molecule has 0 aliphatic heterocycles. The number of unbranched alkanes of at least 4 members (excludes halogenated alkanes) is 37. The maximum atomic E-state index is 12.8. The van der Waals surface area contributed by atoms with Crippen LogP contribution >= 0.6 is 0 Å². The largest absolute Gasteiger partial charge is 0.477 e. The summed E-state index contributed by atoms with van der Waals surface area (Å²) < 4.78 is 22.8. The average molecular weight is 952 g/mol. The minimum atomic E-state index is -1.50. The van der Waals surface area contributed by atoms with Crippen molar-refractivity contribution in [3.8, 4) is 0 Å². The van der Waals surface area contributed by atoms with E-state index < -0.39 is 18.4 Å². The number of carbonyl (C=O) groups is 3. The fourth-order valence-electron chi connectivity index (χ4n) is 8.54. The zero-order valence-electron chi connectivity index (χ0n) is 45.1. The Morgan fingerprint density at radius 1 is 0.433 bits per heavy atom. The van der Waals surface area contributed by atoms with E-state index in [1.807, 2.05) is 21.1 Å². The van der Waals surface area contributed by atoms with Gasteiger partial charge in [-0.05, 0) is 38.5 Å². The molecule has 0 amide bonds. The van der Waals surface area contributed by atoms with Crippen molar-refractivity contribution in [3.05, 3.63) is 12.2 Å². The van der Waals surface area contributed by atoms with Crippen LogP contribution in [-0.2, 0) is 33.3 Å². The molecule has 0 bridgehead atoms. The van der Waals surface area contributed by atoms with E-state index >= 15 is 0 Å². The Morgan fingerprint density at radius 2 is 0.761 bits per heavy atom. The molecule has 9 nitrogen and oxygen atoms in total. The molecule has 0 heterocycles. The summed E-state index contributed by atoms with van der Waals surface area (Å²) in [5.74, 6) is -1.99. The second-order valence-corrected chi connectivity index (χ2v) is 21.0. The highest BCUT2D eigenvalue weighted by Crippen LogP contribution is 2.17. The first-order chi connectivity index (χ1) is 32.6. The third-order valence-corrected chi connectivity index (χ3v) is 13.0. The van der Waals surface area contributed by atoms with Gasteiger partial charge in [0.25, 0.3) is 6.29 Å². The van der Waals surface area contributed by atoms with Crippen molar-refractivity contribution < 1.29 is 42.9 Å². The first-order valence-electron chi connectivity index (χ1n) is 28.9. The highest BCUT2D eigenvalue weighted by atomic mass is 16.7. The Kier molecular flexibility index (Phi) is 48.9. The molecule has 0 spiro atoms. The molecule has 0 aliphatic rings. The number of likely N-dealkylation sites (N-methyl/N-ethyl adjacent to an activating group) is 1. The van der Waals surface area contributed by atoms with Gasteiger partial charge in [0.05, 0.1) is 34.4 Å². The van der Waals surface area contributed by atoms with Gasteiger partial charge in [-0.15, -0.1) is 0 Å². The second-order valence-electron chi connectivity index (χ2n) is 21.0. The molecule has 2 atom stereocenters. The molecule has 9 heteroatoms. The van der Waals surface area contributed by atoms with Crippen molar-refractivity contribution in [1.82, 2.24) is 0 Å². The number of rotatable bonds is 54. The number of carboxylic acid groups (broad SMARTS) is 1. The second kappa shape index (κ2) is 50.4. The van der Waals surface area contributed by atoms with Crippen molar-refractivity contribution in [1.29, 1.82) is 0 Å². The first kappa shape index (κ1) is 65.0. The quantitative estimate of drug-likeness (QED) is 0.0211. The van der Waals surface area contributed by atoms with E-state index in [9.17, 15) is 19.5 Å². The lowest BCUT2D eigenvalue weighted by Gasteiger charge is -2.25. The van der Waals surface area contributed by atoms with Crippen LogP contribution in [-0.4, -0.2) is 87.4 Å². The molecular formula is C58H112NO8+. The SMILES string of the molecule is CCCCCCCCCC/C=C\CCCCCCCCCCCCCCCCCCCCCCCC(=O)OC(COC(=O)CCCCCCCCCCC)COC(OCC[N+](C)(C)C)C(=O)O. The van der Waals surface area contributed by atoms with Crippen molar-refractivity contribution in [2.45, 2.75) is 296 Å². The molecular weight excluding hydrogens is 839 g/mol. The van der Waals surface area contributed by atoms with Gasteiger partial charge in [0.15, 0.2) is 6.10 Å². The van der Waals surface area contributed by atoms with Crippen LogP contribution in [0.15, 0.2) is 12.2 Å². The molecule has 0 saturated heterocycles. The van der Waals surface area contributed by atoms with Crippen molar-refractivity contribution >= 4 is 17.9 Å². The lowest BCUT2D eigenvalue weighted by Crippen LogP contribution is -2.40. The summed E-state index contributed by atoms with van der Waals surface area (Å²) in [6, 6.07) is 0. The number of carbonyl (C=O) groups excluding carboxylic acids is 2. The van der Waals surface area contributed by atoms with Gasteiger partial charge >= 0.3 is 17.9 Å². The molecule has 0 rings (SSSR count). The zero-order chi connectivity index (χ0) is 49.2. The molecule has 0 aliphatic carbocycles. The Morgan fingerprint density at radius 3 is 1.10 bits per heavy atom. The fraction of sp³-hybridized carbons (Fsp3) is 0.914. The van der Waals surface area contributed by atoms with E-state index in [0.717, 1.165) is 38.5 Å². The fourth-order valence-corrected chi connectivity index (χ4v) is 8.54. The summed E-state index contributed by atoms with van der Waals surface area (Å²) in [4.78, 5) is 37.2. The molecule has 2 unspecified atom stereocenters. The highest BCUT2D eigenvalue weighted by molar-refractivity contribution is 5.71. The molecule has 0 fully saturated rings. The Hall–Kier alpha value is -1.97. The summed E-state index contributed by atoms with van der Waals surface area (Å²) in [6.07, 6.45) is 54.7. The van der Waals surface area contributed by atoms with Crippen LogP contribution in [0.1, 0.15) is 284 Å². The summed E-state index contributed by atoms with van der Waals surface area (Å²) in [5.41, 5.74) is 0. The Bertz CT molecular complexity index is 1110. The maximum absolute atomic E-state index is 12.8. The van der Waals surface area contributed by atoms with E-state index in [1.165, 1.54) is 218 Å². The number of nitrogens with zero attached hydrogens (tertiary/aromatic N) is 1. The summed E-state index contributed by atoms with van der Waals surface area (Å²) in [7, 11) is 5.97. The third-order valence-electron chi connectivity index (χ3n) is 13.0. The topological polar surface area (TPSA) is 108 Å². The molecule has 0 aromatic rings. The number of hydrogen-bond acceptors (Lipinski definition) is 7. The summed E-state index contributed by atoms with van der Waals surface area (Å²) in [6.45, 7) is 4.89. The normalized spacial score (nSPS) is 12.8. The van der Waals surface area contributed by atoms with Crippen molar-refractivity contribution in [2.75, 3.05) is 47.5 Å². The highest BCUT2D eigenvalue weighted by Gasteiger charge is 2.25. The molecule has 396 valence electrons. The van der Waals surface area contributed by atoms with Crippen LogP contribution in [0.25, 0.3) is 0 Å². The Balaban J connectivity index is 3.95. The molecule has 0 aromatic carbocycles. The maximum Gasteiger partial charge on any atom is 0.361 e. The molecule has 0 radical (unpaired) electrons. The van der Waals surface area contributed by atoms with Crippen LogP contribution in [0, 0.1) is 0 Å². The van der Waals surface area contributed by atoms with Gasteiger partial charge in [-0.2, -0.15) is 0 Å². The van der Waals surface area contributed by atoms with Gasteiger partial charge < -0.3 is 28.5 Å². The number of quaternary nitrogens is 1. The molecule has 0 aromatic heterocycles. The van der Waals surface area contributed by atoms with E-state index in [0.29, 0.717) is 17.4 Å². The van der Waals surface area contributed by atoms with Crippen LogP contribution < -0.4 is 0 Å². The lowest BCUT2D eigenvalue weighted by molar-refractivity contribution is -0.870. The van der Waals surface area contributed by atoms with Gasteiger partial charge in [-0.3, -0.25) is 9.59 Å². The minimum Gasteiger partial charge on any atom is -0.477 e. The molecule has 1 N–H and O–H groups in total. The molecule has 67 heavy (non-hydrogen) atoms. The summed E-state index contributed by atoms with van der Waals surface area (Å²) in [5, 5.41) is 9.65. The number of allylic oxidation sites excluding steroid dienone is 2. The summed E-state index contributed by atoms with van der Waals surface area (Å²) >= 11 is 0. The van der Waals surface area contributed by atoms with Crippen molar-refractivity contribution in [2.24, 2.45) is 0 Å². The van der Waals surface area contributed by atoms with E-state index in [1.54, 1.807) is 0 Å². The van der Waals surface area contributed by atoms with E-state index in [-0.39, 0.29) is 38.2 Å². The monoisotopic (exact) mass is 951 g/mol. The van der Waals surface area contributed by atoms with Gasteiger partial charge in [0.1, 0.15) is 13.2 Å². The van der Waals surface area contributed by atoms with Gasteiger partial charge in [0, 0.05) is 12.8 Å². The van der Waals surface area contributed by atoms with E-state index in [4.69, 9.17) is 18.9 Å². The Labute approximate surface area is 415 Å². The van der Waals surface area contributed by atoms with Crippen LogP contribution in [0.2, 0.25) is 0 Å². The minimum absolute atomic E-state index is 0.175. The predicted molar refractivity (Wildman–Crippen MR) is 281 cm³/mol. The first-order valence-corrected chi connectivity index (χ1v) is 28.9. The average Bonchev–Trinajstić information content (AvgIpc) is 3.29. The van der Waals surface area contributed by atoms with Crippen LogP contribution in [0.5, 0.6) is 0 Å². The molecule has 0 saturated carbocycles. The van der Waals surface area contributed by atoms with Gasteiger partial charge in [-0.25, -0.2) is 4.79 Å². The zero-order valence-corrected chi connectivity index (χ0v) is 45.1. The predicted octanol–water partition coefficient (Wildman–Crippen LogP) is 16.6. The number of hydrogen-bond donors (Lipinski definition) is 1. The lowest BCUT2D eigenvalue weighted by atomic mass is 10.0. The van der Waals surface area contributed by atoms with Crippen LogP contribution in [0.3, 0.4) is 0 Å². The number of ether oxygens (including phenoxy) is 4. The van der Waals surface area contributed by atoms with Crippen LogP contribution in [0.4, 0.5) is 0 Å². The standard InChI is InChI=1S/C58H111NO8/c1-6-8-10-12-14-16-17-18-19-20-21-22-23-24-25-26-27-28-29-30-31-32-33-34-35-36-37-38-39-41-43-45-47-49-56(61)67-54(53-66-58(57(62)63)64-51-50-59(3,4)5)52-65-55(60)48-46-44-42-40-15-13-11-9-7-2/h20-21,54,58H,6-19,22-53H2,1-5H3/p+1/b21-20-. The van der Waals surface area contributed by atoms with Gasteiger partial charge in [-0.1, -0.05) is 244 Å². The van der Waals surface area contributed by atoms with E-state index in [2.05, 4.69) is 26.0 Å². The smallest absolute Gasteiger partial charge is 0.361 e. The van der Waals surface area contributed by atoms with Crippen molar-refractivity contribution in [3.63, 3.8) is 0 Å². The number of esters is 2. The number of aliphatic carboxylic acids is 1. The third kappa shape index (κ3) is 51.7.